The average Bonchev–Trinajstić information content (AvgIpc) is 2.82. The first-order chi connectivity index (χ1) is 12.3. The lowest BCUT2D eigenvalue weighted by atomic mass is 10.0. The van der Waals surface area contributed by atoms with Gasteiger partial charge in [0.25, 0.3) is 15.9 Å². The van der Waals surface area contributed by atoms with Crippen LogP contribution in [0.5, 0.6) is 0 Å². The molecule has 0 radical (unpaired) electrons. The van der Waals surface area contributed by atoms with Crippen molar-refractivity contribution in [2.75, 3.05) is 0 Å². The molecule has 0 aromatic heterocycles. The summed E-state index contributed by atoms with van der Waals surface area (Å²) in [5.74, 6) is -1.88. The number of ether oxygens (including phenoxy) is 1. The maximum Gasteiger partial charge on any atom is 0.330 e. The number of hydrogen-bond donors (Lipinski definition) is 0. The Bertz CT molecular complexity index is 937. The minimum atomic E-state index is -4.08. The van der Waals surface area contributed by atoms with Gasteiger partial charge in [-0.2, -0.15) is 0 Å². The van der Waals surface area contributed by atoms with Crippen LogP contribution in [0.1, 0.15) is 29.8 Å². The monoisotopic (exact) mass is 373 g/mol. The van der Waals surface area contributed by atoms with Crippen molar-refractivity contribution in [1.29, 1.82) is 0 Å². The summed E-state index contributed by atoms with van der Waals surface area (Å²) in [6, 6.07) is 13.8. The van der Waals surface area contributed by atoms with Gasteiger partial charge in [-0.05, 0) is 23.6 Å². The van der Waals surface area contributed by atoms with E-state index >= 15 is 0 Å². The van der Waals surface area contributed by atoms with Crippen molar-refractivity contribution in [1.82, 2.24) is 4.31 Å². The zero-order chi connectivity index (χ0) is 18.9. The Morgan fingerprint density at radius 1 is 1.04 bits per heavy atom. The predicted octanol–water partition coefficient (Wildman–Crippen LogP) is 2.60. The largest absolute Gasteiger partial charge is 0.459 e. The Hall–Kier alpha value is -2.67. The highest BCUT2D eigenvalue weighted by Gasteiger charge is 2.48. The number of benzene rings is 2. The van der Waals surface area contributed by atoms with E-state index in [9.17, 15) is 18.0 Å². The molecule has 26 heavy (non-hydrogen) atoms. The SMILES string of the molecule is CC(C)[C@H](C(=O)OCc1ccccc1)N1C(=O)c2ccccc2S1(=O)=O. The maximum absolute atomic E-state index is 12.8. The zero-order valence-corrected chi connectivity index (χ0v) is 15.3. The smallest absolute Gasteiger partial charge is 0.330 e. The predicted molar refractivity (Wildman–Crippen MR) is 94.7 cm³/mol. The fourth-order valence-electron chi connectivity index (χ4n) is 2.93. The minimum absolute atomic E-state index is 0.0118. The number of sulfonamides is 1. The van der Waals surface area contributed by atoms with E-state index < -0.39 is 33.9 Å². The number of rotatable bonds is 5. The van der Waals surface area contributed by atoms with Crippen molar-refractivity contribution in [2.24, 2.45) is 5.92 Å². The highest BCUT2D eigenvalue weighted by atomic mass is 32.2. The third kappa shape index (κ3) is 3.10. The normalized spacial score (nSPS) is 16.4. The summed E-state index contributed by atoms with van der Waals surface area (Å²) in [4.78, 5) is 25.2. The van der Waals surface area contributed by atoms with Crippen LogP contribution in [-0.2, 0) is 26.2 Å². The lowest BCUT2D eigenvalue weighted by molar-refractivity contribution is -0.150. The summed E-state index contributed by atoms with van der Waals surface area (Å²) in [6.45, 7) is 3.37. The summed E-state index contributed by atoms with van der Waals surface area (Å²) in [6.07, 6.45) is 0. The first-order valence-electron chi connectivity index (χ1n) is 8.22. The molecule has 1 amide bonds. The quantitative estimate of drug-likeness (QED) is 0.753. The molecule has 0 fully saturated rings. The molecule has 0 spiro atoms. The number of carbonyl (C=O) groups is 2. The number of hydrogen-bond acceptors (Lipinski definition) is 5. The molecule has 0 aliphatic carbocycles. The Morgan fingerprint density at radius 2 is 1.65 bits per heavy atom. The van der Waals surface area contributed by atoms with E-state index in [1.807, 2.05) is 18.2 Å². The molecule has 0 N–H and O–H groups in total. The molecule has 3 rings (SSSR count). The summed E-state index contributed by atoms with van der Waals surface area (Å²) in [7, 11) is -4.08. The Kier molecular flexibility index (Phi) is 4.82. The van der Waals surface area contributed by atoms with Crippen LogP contribution in [0.3, 0.4) is 0 Å². The van der Waals surface area contributed by atoms with Gasteiger partial charge in [0, 0.05) is 0 Å². The minimum Gasteiger partial charge on any atom is -0.459 e. The molecular weight excluding hydrogens is 354 g/mol. The van der Waals surface area contributed by atoms with Gasteiger partial charge in [0.15, 0.2) is 0 Å². The third-order valence-electron chi connectivity index (χ3n) is 4.20. The topological polar surface area (TPSA) is 80.8 Å². The summed E-state index contributed by atoms with van der Waals surface area (Å²) >= 11 is 0. The molecular formula is C19H19NO5S. The van der Waals surface area contributed by atoms with Crippen LogP contribution in [0.2, 0.25) is 0 Å². The number of esters is 1. The van der Waals surface area contributed by atoms with Gasteiger partial charge in [-0.15, -0.1) is 0 Å². The van der Waals surface area contributed by atoms with Crippen molar-refractivity contribution in [3.63, 3.8) is 0 Å². The van der Waals surface area contributed by atoms with Crippen LogP contribution < -0.4 is 0 Å². The molecule has 1 heterocycles. The van der Waals surface area contributed by atoms with E-state index in [0.29, 0.717) is 4.31 Å². The lowest BCUT2D eigenvalue weighted by Crippen LogP contribution is -2.48. The summed E-state index contributed by atoms with van der Waals surface area (Å²) < 4.78 is 31.6. The highest BCUT2D eigenvalue weighted by Crippen LogP contribution is 2.34. The number of nitrogens with zero attached hydrogens (tertiary/aromatic N) is 1. The van der Waals surface area contributed by atoms with Gasteiger partial charge >= 0.3 is 5.97 Å². The Morgan fingerprint density at radius 3 is 2.27 bits per heavy atom. The molecule has 1 aliphatic rings. The second kappa shape index (κ2) is 6.92. The lowest BCUT2D eigenvalue weighted by Gasteiger charge is -2.27. The Labute approximate surface area is 152 Å². The van der Waals surface area contributed by atoms with Gasteiger partial charge < -0.3 is 4.74 Å². The van der Waals surface area contributed by atoms with Crippen LogP contribution in [0, 0.1) is 5.92 Å². The van der Waals surface area contributed by atoms with Gasteiger partial charge in [0.05, 0.1) is 5.56 Å². The van der Waals surface area contributed by atoms with Gasteiger partial charge in [-0.3, -0.25) is 4.79 Å². The summed E-state index contributed by atoms with van der Waals surface area (Å²) in [5.41, 5.74) is 0.858. The van der Waals surface area contributed by atoms with E-state index in [4.69, 9.17) is 4.74 Å². The van der Waals surface area contributed by atoms with Crippen LogP contribution in [0.4, 0.5) is 0 Å². The molecule has 2 aromatic carbocycles. The molecule has 2 aromatic rings. The first kappa shape index (κ1) is 18.1. The molecule has 0 saturated heterocycles. The molecule has 1 aliphatic heterocycles. The zero-order valence-electron chi connectivity index (χ0n) is 14.5. The van der Waals surface area contributed by atoms with E-state index in [2.05, 4.69) is 0 Å². The standard InChI is InChI=1S/C19H19NO5S/c1-13(2)17(19(22)25-12-14-8-4-3-5-9-14)20-18(21)15-10-6-7-11-16(15)26(20,23)24/h3-11,13,17H,12H2,1-2H3/t17-/m1/s1. The van der Waals surface area contributed by atoms with Crippen molar-refractivity contribution in [3.8, 4) is 0 Å². The van der Waals surface area contributed by atoms with Crippen molar-refractivity contribution in [2.45, 2.75) is 31.4 Å². The van der Waals surface area contributed by atoms with Crippen molar-refractivity contribution >= 4 is 21.9 Å². The fraction of sp³-hybridized carbons (Fsp3) is 0.263. The fourth-order valence-corrected chi connectivity index (χ4v) is 4.77. The van der Waals surface area contributed by atoms with Gasteiger partial charge in [0.1, 0.15) is 17.5 Å². The van der Waals surface area contributed by atoms with Gasteiger partial charge in [-0.1, -0.05) is 56.3 Å². The Balaban J connectivity index is 1.89. The third-order valence-corrected chi connectivity index (χ3v) is 6.03. The van der Waals surface area contributed by atoms with E-state index in [0.717, 1.165) is 5.56 Å². The second-order valence-corrected chi connectivity index (χ2v) is 8.17. The number of carbonyl (C=O) groups excluding carboxylic acids is 2. The molecule has 136 valence electrons. The second-order valence-electron chi connectivity index (χ2n) is 6.38. The first-order valence-corrected chi connectivity index (χ1v) is 9.66. The average molecular weight is 373 g/mol. The van der Waals surface area contributed by atoms with Crippen LogP contribution >= 0.6 is 0 Å². The van der Waals surface area contributed by atoms with Crippen LogP contribution in [-0.4, -0.2) is 30.6 Å². The van der Waals surface area contributed by atoms with Crippen molar-refractivity contribution in [3.05, 3.63) is 65.7 Å². The van der Waals surface area contributed by atoms with Crippen LogP contribution in [0.25, 0.3) is 0 Å². The molecule has 7 heteroatoms. The van der Waals surface area contributed by atoms with Crippen molar-refractivity contribution < 1.29 is 22.7 Å². The molecule has 0 unspecified atom stereocenters. The highest BCUT2D eigenvalue weighted by molar-refractivity contribution is 7.90. The van der Waals surface area contributed by atoms with Gasteiger partial charge in [-0.25, -0.2) is 17.5 Å². The molecule has 0 saturated carbocycles. The van der Waals surface area contributed by atoms with Gasteiger partial charge in [0.2, 0.25) is 0 Å². The number of fused-ring (bicyclic) bond motifs is 1. The van der Waals surface area contributed by atoms with E-state index in [1.54, 1.807) is 38.1 Å². The molecule has 6 nitrogen and oxygen atoms in total. The molecule has 0 bridgehead atoms. The van der Waals surface area contributed by atoms with E-state index in [1.165, 1.54) is 12.1 Å². The molecule has 1 atom stereocenters. The summed E-state index contributed by atoms with van der Waals surface area (Å²) in [5, 5.41) is 0. The van der Waals surface area contributed by atoms with Crippen LogP contribution in [0.15, 0.2) is 59.5 Å². The number of amides is 1. The maximum atomic E-state index is 12.8. The van der Waals surface area contributed by atoms with E-state index in [-0.39, 0.29) is 17.1 Å².